The average Bonchev–Trinajstić information content (AvgIpc) is 3.59. The highest BCUT2D eigenvalue weighted by Gasteiger charge is 2.25. The molecule has 0 aliphatic carbocycles. The normalized spacial score (nSPS) is 14.3. The topological polar surface area (TPSA) is 157 Å². The van der Waals surface area contributed by atoms with E-state index in [4.69, 9.17) is 25.8 Å². The Morgan fingerprint density at radius 3 is 2.57 bits per heavy atom. The molecule has 268 valence electrons. The second-order valence-electron chi connectivity index (χ2n) is 12.9. The van der Waals surface area contributed by atoms with Gasteiger partial charge in [0.05, 0.1) is 48.5 Å². The number of nitrogens with zero attached hydrogens (tertiary/aromatic N) is 3. The molecular formula is C39H43ClN4O7. The fraction of sp³-hybridized carbons (Fsp3) is 0.359. The Bertz CT molecular complexity index is 1860. The standard InChI is InChI=1S/C39H43ClN4O7/c1-26-30(6-4-8-34(26)29-5-3-7-33(14-29)49-12-10-38(48)44-11-9-32(47)21-44)23-51-37-16-36(50-22-28-13-27(17-41)18-42-19-28)31(15-35(37)40)20-43-39(2,24-45)25-46/h3-8,13-16,18-19,32,43,45-47H,9-12,20-25H2,1-2H3/t32-/m1/s1. The smallest absolute Gasteiger partial charge is 0.226 e. The summed E-state index contributed by atoms with van der Waals surface area (Å²) in [4.78, 5) is 18.2. The molecule has 1 fully saturated rings. The number of rotatable bonds is 16. The Kier molecular flexibility index (Phi) is 12.9. The zero-order valence-corrected chi connectivity index (χ0v) is 29.5. The molecule has 1 atom stereocenters. The molecule has 5 rings (SSSR count). The fourth-order valence-electron chi connectivity index (χ4n) is 5.66. The first-order valence-corrected chi connectivity index (χ1v) is 17.2. The van der Waals surface area contributed by atoms with Crippen molar-refractivity contribution in [1.29, 1.82) is 5.26 Å². The molecule has 1 saturated heterocycles. The molecular weight excluding hydrogens is 672 g/mol. The van der Waals surface area contributed by atoms with Crippen LogP contribution in [0.2, 0.25) is 5.02 Å². The molecule has 12 heteroatoms. The van der Waals surface area contributed by atoms with Gasteiger partial charge in [0, 0.05) is 49.2 Å². The maximum atomic E-state index is 12.4. The van der Waals surface area contributed by atoms with E-state index < -0.39 is 11.6 Å². The number of aromatic nitrogens is 1. The lowest BCUT2D eigenvalue weighted by molar-refractivity contribution is -0.131. The highest BCUT2D eigenvalue weighted by molar-refractivity contribution is 6.32. The number of hydrogen-bond donors (Lipinski definition) is 4. The SMILES string of the molecule is Cc1c(COc2cc(OCc3cncc(C#N)c3)c(CNC(C)(CO)CO)cc2Cl)cccc1-c1cccc(OCCC(=O)N2CC[C@@H](O)C2)c1. The number of likely N-dealkylation sites (tertiary alicyclic amines) is 1. The third kappa shape index (κ3) is 9.97. The highest BCUT2D eigenvalue weighted by Crippen LogP contribution is 2.35. The summed E-state index contributed by atoms with van der Waals surface area (Å²) in [7, 11) is 0. The molecule has 0 spiro atoms. The molecule has 1 aliphatic rings. The molecule has 4 N–H and O–H groups in total. The molecule has 51 heavy (non-hydrogen) atoms. The number of carbonyl (C=O) groups excluding carboxylic acids is 1. The summed E-state index contributed by atoms with van der Waals surface area (Å²) in [5.41, 5.74) is 4.82. The number of halogens is 1. The van der Waals surface area contributed by atoms with Crippen molar-refractivity contribution in [1.82, 2.24) is 15.2 Å². The van der Waals surface area contributed by atoms with Gasteiger partial charge in [0.15, 0.2) is 0 Å². The summed E-state index contributed by atoms with van der Waals surface area (Å²) in [6.45, 7) is 4.98. The monoisotopic (exact) mass is 714 g/mol. The number of nitriles is 1. The molecule has 2 heterocycles. The zero-order chi connectivity index (χ0) is 36.4. The van der Waals surface area contributed by atoms with Crippen LogP contribution < -0.4 is 19.5 Å². The van der Waals surface area contributed by atoms with E-state index in [1.54, 1.807) is 36.2 Å². The van der Waals surface area contributed by atoms with Crippen molar-refractivity contribution in [2.75, 3.05) is 32.9 Å². The zero-order valence-electron chi connectivity index (χ0n) is 28.8. The van der Waals surface area contributed by atoms with Gasteiger partial charge in [-0.05, 0) is 66.8 Å². The van der Waals surface area contributed by atoms with Crippen LogP contribution in [0.15, 0.2) is 73.1 Å². The van der Waals surface area contributed by atoms with E-state index in [1.807, 2.05) is 49.4 Å². The van der Waals surface area contributed by atoms with Crippen LogP contribution in [0.25, 0.3) is 11.1 Å². The van der Waals surface area contributed by atoms with E-state index in [2.05, 4.69) is 16.4 Å². The highest BCUT2D eigenvalue weighted by atomic mass is 35.5. The van der Waals surface area contributed by atoms with Gasteiger partial charge >= 0.3 is 0 Å². The molecule has 0 bridgehead atoms. The fourth-order valence-corrected chi connectivity index (χ4v) is 5.90. The second-order valence-corrected chi connectivity index (χ2v) is 13.3. The maximum Gasteiger partial charge on any atom is 0.226 e. The van der Waals surface area contributed by atoms with Crippen molar-refractivity contribution in [3.8, 4) is 34.4 Å². The number of ether oxygens (including phenoxy) is 3. The minimum absolute atomic E-state index is 0.0228. The summed E-state index contributed by atoms with van der Waals surface area (Å²) in [6, 6.07) is 20.9. The van der Waals surface area contributed by atoms with E-state index in [0.29, 0.717) is 58.5 Å². The summed E-state index contributed by atoms with van der Waals surface area (Å²) >= 11 is 6.73. The van der Waals surface area contributed by atoms with Gasteiger partial charge in [-0.25, -0.2) is 0 Å². The Balaban J connectivity index is 1.29. The molecule has 4 aromatic rings. The van der Waals surface area contributed by atoms with Crippen LogP contribution in [0.3, 0.4) is 0 Å². The number of β-amino-alcohol motifs (C(OH)–C–C–N with tert-alkyl or cyclic N) is 1. The minimum atomic E-state index is -0.921. The number of carbonyl (C=O) groups is 1. The molecule has 0 unspecified atom stereocenters. The molecule has 1 amide bonds. The van der Waals surface area contributed by atoms with Crippen LogP contribution in [0.4, 0.5) is 0 Å². The first-order valence-electron chi connectivity index (χ1n) is 16.8. The molecule has 0 radical (unpaired) electrons. The minimum Gasteiger partial charge on any atom is -0.493 e. The van der Waals surface area contributed by atoms with Crippen molar-refractivity contribution in [2.24, 2.45) is 0 Å². The van der Waals surface area contributed by atoms with Gasteiger partial charge in [-0.1, -0.05) is 41.9 Å². The van der Waals surface area contributed by atoms with Crippen LogP contribution in [0, 0.1) is 18.3 Å². The Morgan fingerprint density at radius 2 is 1.82 bits per heavy atom. The largest absolute Gasteiger partial charge is 0.493 e. The molecule has 11 nitrogen and oxygen atoms in total. The average molecular weight is 715 g/mol. The predicted octanol–water partition coefficient (Wildman–Crippen LogP) is 4.94. The Morgan fingerprint density at radius 1 is 1.04 bits per heavy atom. The van der Waals surface area contributed by atoms with Crippen LogP contribution in [-0.4, -0.2) is 75.7 Å². The van der Waals surface area contributed by atoms with E-state index in [1.165, 1.54) is 6.20 Å². The molecule has 0 saturated carbocycles. The number of benzene rings is 3. The van der Waals surface area contributed by atoms with Gasteiger partial charge in [0.25, 0.3) is 0 Å². The third-order valence-electron chi connectivity index (χ3n) is 8.91. The summed E-state index contributed by atoms with van der Waals surface area (Å²) in [5.74, 6) is 1.52. The summed E-state index contributed by atoms with van der Waals surface area (Å²) < 4.78 is 18.4. The molecule has 1 aliphatic heterocycles. The van der Waals surface area contributed by atoms with E-state index in [0.717, 1.165) is 22.3 Å². The number of aliphatic hydroxyl groups is 3. The summed E-state index contributed by atoms with van der Waals surface area (Å²) in [5, 5.41) is 42.1. The first-order chi connectivity index (χ1) is 24.6. The van der Waals surface area contributed by atoms with Gasteiger partial charge in [-0.2, -0.15) is 5.26 Å². The van der Waals surface area contributed by atoms with E-state index in [9.17, 15) is 25.4 Å². The lowest BCUT2D eigenvalue weighted by Crippen LogP contribution is -2.48. The van der Waals surface area contributed by atoms with Gasteiger partial charge in [0.2, 0.25) is 5.91 Å². The van der Waals surface area contributed by atoms with Crippen molar-refractivity contribution < 1.29 is 34.3 Å². The molecule has 3 aromatic carbocycles. The number of nitrogens with one attached hydrogen (secondary N) is 1. The number of hydrogen-bond acceptors (Lipinski definition) is 10. The second kappa shape index (κ2) is 17.5. The predicted molar refractivity (Wildman–Crippen MR) is 192 cm³/mol. The Labute approximate surface area is 303 Å². The van der Waals surface area contributed by atoms with E-state index >= 15 is 0 Å². The third-order valence-corrected chi connectivity index (χ3v) is 9.21. The van der Waals surface area contributed by atoms with Gasteiger partial charge in [0.1, 0.15) is 36.5 Å². The first kappa shape index (κ1) is 37.6. The lowest BCUT2D eigenvalue weighted by atomic mass is 9.96. The van der Waals surface area contributed by atoms with Crippen LogP contribution in [0.1, 0.15) is 47.6 Å². The van der Waals surface area contributed by atoms with E-state index in [-0.39, 0.29) is 51.9 Å². The summed E-state index contributed by atoms with van der Waals surface area (Å²) in [6.07, 6.45) is 3.51. The Hall–Kier alpha value is -4.70. The number of pyridine rings is 1. The van der Waals surface area contributed by atoms with Crippen molar-refractivity contribution in [2.45, 2.75) is 58.1 Å². The number of aliphatic hydroxyl groups excluding tert-OH is 3. The lowest BCUT2D eigenvalue weighted by Gasteiger charge is -2.27. The van der Waals surface area contributed by atoms with Crippen LogP contribution in [-0.2, 0) is 24.6 Å². The van der Waals surface area contributed by atoms with Gasteiger partial charge in [-0.3, -0.25) is 9.78 Å². The van der Waals surface area contributed by atoms with Crippen molar-refractivity contribution >= 4 is 17.5 Å². The van der Waals surface area contributed by atoms with Gasteiger partial charge < -0.3 is 39.7 Å². The maximum absolute atomic E-state index is 12.4. The van der Waals surface area contributed by atoms with Crippen LogP contribution >= 0.6 is 11.6 Å². The van der Waals surface area contributed by atoms with Crippen molar-refractivity contribution in [3.05, 3.63) is 106 Å². The van der Waals surface area contributed by atoms with Gasteiger partial charge in [-0.15, -0.1) is 0 Å². The number of amides is 1. The van der Waals surface area contributed by atoms with Crippen molar-refractivity contribution in [3.63, 3.8) is 0 Å². The van der Waals surface area contributed by atoms with Crippen LogP contribution in [0.5, 0.6) is 17.2 Å². The molecule has 1 aromatic heterocycles. The quantitative estimate of drug-likeness (QED) is 0.125.